The first-order chi connectivity index (χ1) is 12.5. The molecule has 3 heterocycles. The van der Waals surface area contributed by atoms with Crippen LogP contribution in [0.4, 0.5) is 0 Å². The van der Waals surface area contributed by atoms with Crippen molar-refractivity contribution in [2.24, 2.45) is 7.05 Å². The molecule has 26 heavy (non-hydrogen) atoms. The van der Waals surface area contributed by atoms with Crippen molar-refractivity contribution in [2.45, 2.75) is 35.8 Å². The first-order valence-electron chi connectivity index (χ1n) is 9.35. The molecule has 136 valence electrons. The maximum atomic E-state index is 12.5. The molecule has 5 rings (SSSR count). The Morgan fingerprint density at radius 3 is 2.65 bits per heavy atom. The van der Waals surface area contributed by atoms with Gasteiger partial charge in [0.25, 0.3) is 0 Å². The van der Waals surface area contributed by atoms with Gasteiger partial charge in [0.05, 0.1) is 11.7 Å². The summed E-state index contributed by atoms with van der Waals surface area (Å²) in [7, 11) is 4.38. The predicted octanol–water partition coefficient (Wildman–Crippen LogP) is 4.48. The number of benzene rings is 1. The van der Waals surface area contributed by atoms with Gasteiger partial charge in [-0.15, -0.1) is 23.5 Å². The second kappa shape index (κ2) is 5.83. The molecular formula is C21H24N2OS2. The Morgan fingerprint density at radius 2 is 1.92 bits per heavy atom. The minimum absolute atomic E-state index is 0.0609. The zero-order valence-corrected chi connectivity index (χ0v) is 17.1. The lowest BCUT2D eigenvalue weighted by Crippen LogP contribution is -2.52. The van der Waals surface area contributed by atoms with Crippen LogP contribution >= 0.6 is 23.5 Å². The van der Waals surface area contributed by atoms with Crippen molar-refractivity contribution >= 4 is 40.2 Å². The summed E-state index contributed by atoms with van der Waals surface area (Å²) in [6.07, 6.45) is 4.47. The molecule has 2 aliphatic heterocycles. The minimum Gasteiger partial charge on any atom is -0.374 e. The van der Waals surface area contributed by atoms with Crippen LogP contribution in [0, 0.1) is 0 Å². The molecular weight excluding hydrogens is 360 g/mol. The molecule has 1 fully saturated rings. The molecule has 2 bridgehead atoms. The summed E-state index contributed by atoms with van der Waals surface area (Å²) in [6, 6.07) is 9.16. The van der Waals surface area contributed by atoms with E-state index in [9.17, 15) is 4.79 Å². The van der Waals surface area contributed by atoms with Crippen molar-refractivity contribution in [3.05, 3.63) is 47.3 Å². The van der Waals surface area contributed by atoms with Crippen molar-refractivity contribution in [3.8, 4) is 0 Å². The number of hydrogen-bond acceptors (Lipinski definition) is 4. The Hall–Kier alpha value is -1.33. The van der Waals surface area contributed by atoms with E-state index in [4.69, 9.17) is 0 Å². The lowest BCUT2D eigenvalue weighted by atomic mass is 9.74. The van der Waals surface area contributed by atoms with Gasteiger partial charge in [-0.25, -0.2) is 0 Å². The number of hydrogen-bond donors (Lipinski definition) is 0. The summed E-state index contributed by atoms with van der Waals surface area (Å²) in [5, 5.41) is 1.33. The molecule has 1 saturated heterocycles. The highest BCUT2D eigenvalue weighted by atomic mass is 32.2. The van der Waals surface area contributed by atoms with Crippen molar-refractivity contribution in [2.75, 3.05) is 18.6 Å². The maximum Gasteiger partial charge on any atom is 0.157 e. The van der Waals surface area contributed by atoms with Crippen LogP contribution in [0.25, 0.3) is 10.9 Å². The highest BCUT2D eigenvalue weighted by Crippen LogP contribution is 2.63. The zero-order chi connectivity index (χ0) is 18.1. The van der Waals surface area contributed by atoms with Gasteiger partial charge in [-0.3, -0.25) is 4.79 Å². The number of para-hydroxylation sites is 1. The molecule has 1 spiro atoms. The van der Waals surface area contributed by atoms with Crippen molar-refractivity contribution < 1.29 is 4.79 Å². The SMILES string of the molecule is CC(=O)C1=CN(C)C2CC1c1c(n(C)c3ccccc13)C21SCCCS1. The van der Waals surface area contributed by atoms with E-state index in [0.29, 0.717) is 6.04 Å². The Kier molecular flexibility index (Phi) is 3.77. The summed E-state index contributed by atoms with van der Waals surface area (Å²) in [5.41, 5.74) is 5.13. The van der Waals surface area contributed by atoms with E-state index in [0.717, 1.165) is 12.0 Å². The van der Waals surface area contributed by atoms with Crippen LogP contribution in [0.1, 0.15) is 36.9 Å². The van der Waals surface area contributed by atoms with Gasteiger partial charge in [0, 0.05) is 42.7 Å². The lowest BCUT2D eigenvalue weighted by Gasteiger charge is -2.53. The molecule has 3 nitrogen and oxygen atoms in total. The van der Waals surface area contributed by atoms with Gasteiger partial charge >= 0.3 is 0 Å². The molecule has 0 amide bonds. The number of thioether (sulfide) groups is 2. The standard InChI is InChI=1S/C21H24N2OS2/c1-13(24)16-12-22(2)18-11-15(16)19-14-7-4-5-8-17(14)23(3)20(19)21(18)25-9-6-10-26-21/h4-5,7-8,12,15,18H,6,9-11H2,1-3H3. The Bertz CT molecular complexity index is 939. The number of aryl methyl sites for hydroxylation is 1. The molecule has 3 aliphatic rings. The molecule has 0 radical (unpaired) electrons. The van der Waals surface area contributed by atoms with Crippen LogP contribution in [0.15, 0.2) is 36.0 Å². The van der Waals surface area contributed by atoms with E-state index in [-0.39, 0.29) is 15.8 Å². The van der Waals surface area contributed by atoms with E-state index in [2.05, 4.69) is 77.6 Å². The number of Topliss-reactive ketones (excluding diaryl/α,β-unsaturated/α-hetero) is 1. The predicted molar refractivity (Wildman–Crippen MR) is 112 cm³/mol. The third-order valence-electron chi connectivity index (χ3n) is 6.26. The number of carbonyl (C=O) groups excluding carboxylic acids is 1. The summed E-state index contributed by atoms with van der Waals surface area (Å²) < 4.78 is 2.48. The van der Waals surface area contributed by atoms with Gasteiger partial charge in [-0.2, -0.15) is 0 Å². The van der Waals surface area contributed by atoms with Crippen LogP contribution < -0.4 is 0 Å². The molecule has 0 saturated carbocycles. The summed E-state index contributed by atoms with van der Waals surface area (Å²) in [5.74, 6) is 2.86. The number of likely N-dealkylation sites (N-methyl/N-ethyl adjacent to an activating group) is 1. The molecule has 1 aromatic carbocycles. The number of aromatic nitrogens is 1. The van der Waals surface area contributed by atoms with E-state index in [1.54, 1.807) is 6.92 Å². The van der Waals surface area contributed by atoms with E-state index < -0.39 is 0 Å². The quantitative estimate of drug-likeness (QED) is 0.724. The first-order valence-corrected chi connectivity index (χ1v) is 11.3. The van der Waals surface area contributed by atoms with Crippen LogP contribution in [0.3, 0.4) is 0 Å². The molecule has 2 aromatic rings. The number of rotatable bonds is 1. The molecule has 1 aliphatic carbocycles. The fourth-order valence-electron chi connectivity index (χ4n) is 5.18. The van der Waals surface area contributed by atoms with E-state index >= 15 is 0 Å². The minimum atomic E-state index is 0.0609. The average molecular weight is 385 g/mol. The van der Waals surface area contributed by atoms with Gasteiger partial charge in [0.15, 0.2) is 5.78 Å². The second-order valence-corrected chi connectivity index (χ2v) is 10.6. The third kappa shape index (κ3) is 2.07. The van der Waals surface area contributed by atoms with Gasteiger partial charge in [0.2, 0.25) is 0 Å². The summed E-state index contributed by atoms with van der Waals surface area (Å²) in [4.78, 5) is 14.8. The maximum absolute atomic E-state index is 12.5. The molecule has 5 heteroatoms. The number of allylic oxidation sites excluding steroid dienone is 1. The van der Waals surface area contributed by atoms with Crippen LogP contribution in [-0.4, -0.2) is 39.8 Å². The van der Waals surface area contributed by atoms with E-state index in [1.165, 1.54) is 40.1 Å². The normalized spacial score (nSPS) is 26.7. The first kappa shape index (κ1) is 16.8. The highest BCUT2D eigenvalue weighted by Gasteiger charge is 2.55. The number of nitrogens with zero attached hydrogens (tertiary/aromatic N) is 2. The average Bonchev–Trinajstić information content (AvgIpc) is 2.95. The molecule has 2 atom stereocenters. The van der Waals surface area contributed by atoms with Crippen LogP contribution in [0.5, 0.6) is 0 Å². The Balaban J connectivity index is 1.86. The second-order valence-electron chi connectivity index (χ2n) is 7.67. The van der Waals surface area contributed by atoms with Gasteiger partial charge in [-0.1, -0.05) is 18.2 Å². The van der Waals surface area contributed by atoms with Crippen molar-refractivity contribution in [1.82, 2.24) is 9.47 Å². The Morgan fingerprint density at radius 1 is 1.19 bits per heavy atom. The highest BCUT2D eigenvalue weighted by molar-refractivity contribution is 8.18. The summed E-state index contributed by atoms with van der Waals surface area (Å²) in [6.45, 7) is 1.72. The smallest absolute Gasteiger partial charge is 0.157 e. The van der Waals surface area contributed by atoms with Crippen molar-refractivity contribution in [1.29, 1.82) is 0 Å². The fourth-order valence-corrected chi connectivity index (χ4v) is 9.06. The molecule has 1 aromatic heterocycles. The molecule has 2 unspecified atom stereocenters. The van der Waals surface area contributed by atoms with Gasteiger partial charge in [0.1, 0.15) is 4.08 Å². The number of ketones is 1. The fraction of sp³-hybridized carbons (Fsp3) is 0.476. The van der Waals surface area contributed by atoms with Crippen LogP contribution in [0.2, 0.25) is 0 Å². The van der Waals surface area contributed by atoms with Gasteiger partial charge in [-0.05, 0) is 42.9 Å². The zero-order valence-electron chi connectivity index (χ0n) is 15.5. The monoisotopic (exact) mass is 384 g/mol. The topological polar surface area (TPSA) is 25.2 Å². The third-order valence-corrected chi connectivity index (χ3v) is 9.74. The lowest BCUT2D eigenvalue weighted by molar-refractivity contribution is -0.114. The summed E-state index contributed by atoms with van der Waals surface area (Å²) >= 11 is 4.25. The van der Waals surface area contributed by atoms with Crippen LogP contribution in [-0.2, 0) is 15.9 Å². The van der Waals surface area contributed by atoms with E-state index in [1.807, 2.05) is 0 Å². The van der Waals surface area contributed by atoms with Crippen molar-refractivity contribution in [3.63, 3.8) is 0 Å². The Labute approximate surface area is 163 Å². The largest absolute Gasteiger partial charge is 0.374 e. The van der Waals surface area contributed by atoms with Gasteiger partial charge < -0.3 is 9.47 Å². The molecule has 0 N–H and O–H groups in total. The number of carbonyl (C=O) groups is 1. The number of fused-ring (bicyclic) bond motifs is 8.